The number of hydrogen-bond acceptors (Lipinski definition) is 5. The zero-order valence-electron chi connectivity index (χ0n) is 11.9. The van der Waals surface area contributed by atoms with Gasteiger partial charge in [-0.25, -0.2) is 0 Å². The monoisotopic (exact) mass is 293 g/mol. The van der Waals surface area contributed by atoms with Gasteiger partial charge < -0.3 is 10.1 Å². The highest BCUT2D eigenvalue weighted by Crippen LogP contribution is 2.26. The van der Waals surface area contributed by atoms with E-state index in [4.69, 9.17) is 4.74 Å². The van der Waals surface area contributed by atoms with Gasteiger partial charge in [-0.05, 0) is 18.4 Å². The molecular weight excluding hydrogens is 274 g/mol. The molecular formula is C14H19N3O2S. The molecule has 0 aliphatic carbocycles. The summed E-state index contributed by atoms with van der Waals surface area (Å²) in [5.74, 6) is -0.214. The number of aromatic nitrogens is 2. The number of esters is 1. The molecule has 0 radical (unpaired) electrons. The average Bonchev–Trinajstić information content (AvgIpc) is 3.08. The van der Waals surface area contributed by atoms with Crippen LogP contribution < -0.4 is 5.32 Å². The smallest absolute Gasteiger partial charge is 0.307 e. The van der Waals surface area contributed by atoms with Gasteiger partial charge in [-0.15, -0.1) is 11.3 Å². The molecule has 6 heteroatoms. The number of ether oxygens (including phenoxy) is 1. The van der Waals surface area contributed by atoms with Gasteiger partial charge in [0.2, 0.25) is 0 Å². The van der Waals surface area contributed by atoms with Gasteiger partial charge in [-0.1, -0.05) is 6.07 Å². The molecule has 0 aliphatic rings. The Hall–Kier alpha value is -1.66. The van der Waals surface area contributed by atoms with Crippen molar-refractivity contribution >= 4 is 17.3 Å². The van der Waals surface area contributed by atoms with E-state index in [-0.39, 0.29) is 18.1 Å². The van der Waals surface area contributed by atoms with Crippen LogP contribution in [0.2, 0.25) is 0 Å². The van der Waals surface area contributed by atoms with Gasteiger partial charge in [0.25, 0.3) is 0 Å². The summed E-state index contributed by atoms with van der Waals surface area (Å²) in [7, 11) is 3.31. The third kappa shape index (κ3) is 3.68. The van der Waals surface area contributed by atoms with Crippen molar-refractivity contribution in [3.63, 3.8) is 0 Å². The Bertz CT molecular complexity index is 551. The van der Waals surface area contributed by atoms with Crippen molar-refractivity contribution in [1.82, 2.24) is 15.1 Å². The molecule has 5 nitrogen and oxygen atoms in total. The van der Waals surface area contributed by atoms with Crippen molar-refractivity contribution in [3.8, 4) is 0 Å². The predicted octanol–water partition coefficient (Wildman–Crippen LogP) is 2.44. The molecule has 2 atom stereocenters. The second-order valence-electron chi connectivity index (χ2n) is 4.68. The highest BCUT2D eigenvalue weighted by atomic mass is 32.1. The number of carbonyl (C=O) groups is 1. The van der Waals surface area contributed by atoms with E-state index in [9.17, 15) is 4.79 Å². The molecule has 20 heavy (non-hydrogen) atoms. The molecule has 0 bridgehead atoms. The summed E-state index contributed by atoms with van der Waals surface area (Å²) in [6.45, 7) is 2.06. The number of thiophene rings is 1. The number of rotatable bonds is 6. The minimum atomic E-state index is -0.214. The first kappa shape index (κ1) is 14.7. The summed E-state index contributed by atoms with van der Waals surface area (Å²) in [4.78, 5) is 12.7. The molecule has 0 saturated heterocycles. The molecule has 0 aliphatic heterocycles. The van der Waals surface area contributed by atoms with E-state index in [0.717, 1.165) is 10.4 Å². The van der Waals surface area contributed by atoms with Crippen LogP contribution in [0.5, 0.6) is 0 Å². The maximum absolute atomic E-state index is 11.6. The second-order valence-corrected chi connectivity index (χ2v) is 5.66. The van der Waals surface area contributed by atoms with Crippen LogP contribution in [-0.2, 0) is 16.6 Å². The van der Waals surface area contributed by atoms with Crippen molar-refractivity contribution in [2.45, 2.75) is 25.4 Å². The lowest BCUT2D eigenvalue weighted by atomic mass is 10.1. The average molecular weight is 293 g/mol. The van der Waals surface area contributed by atoms with Gasteiger partial charge in [0, 0.05) is 29.7 Å². The van der Waals surface area contributed by atoms with Gasteiger partial charge in [0.1, 0.15) is 0 Å². The molecule has 0 aromatic carbocycles. The Morgan fingerprint density at radius 3 is 2.95 bits per heavy atom. The van der Waals surface area contributed by atoms with Gasteiger partial charge in [-0.2, -0.15) is 5.10 Å². The van der Waals surface area contributed by atoms with E-state index in [1.54, 1.807) is 16.0 Å². The first-order chi connectivity index (χ1) is 9.60. The quantitative estimate of drug-likeness (QED) is 0.831. The Labute approximate surface area is 122 Å². The van der Waals surface area contributed by atoms with Crippen LogP contribution in [0.1, 0.15) is 35.9 Å². The Morgan fingerprint density at radius 1 is 1.60 bits per heavy atom. The zero-order valence-corrected chi connectivity index (χ0v) is 12.7. The van der Waals surface area contributed by atoms with E-state index >= 15 is 0 Å². The topological polar surface area (TPSA) is 56.1 Å². The summed E-state index contributed by atoms with van der Waals surface area (Å²) < 4.78 is 6.55. The van der Waals surface area contributed by atoms with E-state index in [1.165, 1.54) is 7.11 Å². The van der Waals surface area contributed by atoms with Crippen LogP contribution in [0.3, 0.4) is 0 Å². The van der Waals surface area contributed by atoms with Crippen LogP contribution in [-0.4, -0.2) is 22.9 Å². The standard InChI is InChI=1S/C14H19N3O2S/c1-10(11-8-15-17(2)9-11)16-12(7-14(18)19-3)13-5-4-6-20-13/h4-6,8-10,12,16H,7H2,1-3H3. The maximum Gasteiger partial charge on any atom is 0.307 e. The summed E-state index contributed by atoms with van der Waals surface area (Å²) in [6, 6.07) is 4.08. The van der Waals surface area contributed by atoms with Crippen molar-refractivity contribution in [2.24, 2.45) is 7.05 Å². The first-order valence-corrected chi connectivity index (χ1v) is 7.33. The molecule has 108 valence electrons. The second kappa shape index (κ2) is 6.67. The number of methoxy groups -OCH3 is 1. The minimum absolute atomic E-state index is 0.0438. The summed E-state index contributed by atoms with van der Waals surface area (Å²) in [5.41, 5.74) is 1.10. The van der Waals surface area contributed by atoms with E-state index in [0.29, 0.717) is 6.42 Å². The van der Waals surface area contributed by atoms with Gasteiger partial charge in [0.05, 0.1) is 25.8 Å². The molecule has 2 heterocycles. The highest BCUT2D eigenvalue weighted by molar-refractivity contribution is 7.10. The van der Waals surface area contributed by atoms with E-state index in [1.807, 2.05) is 37.0 Å². The molecule has 0 spiro atoms. The van der Waals surface area contributed by atoms with Crippen LogP contribution >= 0.6 is 11.3 Å². The fraction of sp³-hybridized carbons (Fsp3) is 0.429. The molecule has 2 rings (SSSR count). The van der Waals surface area contributed by atoms with E-state index in [2.05, 4.69) is 17.3 Å². The molecule has 0 amide bonds. The molecule has 2 aromatic heterocycles. The third-order valence-electron chi connectivity index (χ3n) is 3.16. The molecule has 0 saturated carbocycles. The van der Waals surface area contributed by atoms with Gasteiger partial charge in [0.15, 0.2) is 0 Å². The Morgan fingerprint density at radius 2 is 2.40 bits per heavy atom. The molecule has 1 N–H and O–H groups in total. The van der Waals surface area contributed by atoms with Crippen molar-refractivity contribution in [2.75, 3.05) is 7.11 Å². The van der Waals surface area contributed by atoms with Crippen molar-refractivity contribution in [1.29, 1.82) is 0 Å². The van der Waals surface area contributed by atoms with E-state index < -0.39 is 0 Å². The van der Waals surface area contributed by atoms with Crippen molar-refractivity contribution < 1.29 is 9.53 Å². The fourth-order valence-electron chi connectivity index (χ4n) is 2.04. The number of nitrogens with one attached hydrogen (secondary N) is 1. The highest BCUT2D eigenvalue weighted by Gasteiger charge is 2.20. The Balaban J connectivity index is 2.09. The lowest BCUT2D eigenvalue weighted by molar-refractivity contribution is -0.141. The summed E-state index contributed by atoms with van der Waals surface area (Å²) in [5, 5.41) is 9.65. The number of hydrogen-bond donors (Lipinski definition) is 1. The van der Waals surface area contributed by atoms with Gasteiger partial charge >= 0.3 is 5.97 Å². The molecule has 0 fully saturated rings. The maximum atomic E-state index is 11.6. The van der Waals surface area contributed by atoms with Crippen LogP contribution in [0.15, 0.2) is 29.9 Å². The first-order valence-electron chi connectivity index (χ1n) is 6.45. The van der Waals surface area contributed by atoms with Gasteiger partial charge in [-0.3, -0.25) is 9.48 Å². The van der Waals surface area contributed by atoms with Crippen molar-refractivity contribution in [3.05, 3.63) is 40.3 Å². The molecule has 2 unspecified atom stereocenters. The van der Waals surface area contributed by atoms with Crippen LogP contribution in [0.4, 0.5) is 0 Å². The Kier molecular flexibility index (Phi) is 4.92. The minimum Gasteiger partial charge on any atom is -0.469 e. The molecule has 2 aromatic rings. The number of nitrogens with zero attached hydrogens (tertiary/aromatic N) is 2. The summed E-state index contributed by atoms with van der Waals surface area (Å²) in [6.07, 6.45) is 4.13. The SMILES string of the molecule is COC(=O)CC(NC(C)c1cnn(C)c1)c1cccs1. The fourth-order valence-corrected chi connectivity index (χ4v) is 2.83. The lowest BCUT2D eigenvalue weighted by Gasteiger charge is -2.21. The summed E-state index contributed by atoms with van der Waals surface area (Å²) >= 11 is 1.63. The zero-order chi connectivity index (χ0) is 14.5. The number of carbonyl (C=O) groups excluding carboxylic acids is 1. The van der Waals surface area contributed by atoms with Crippen LogP contribution in [0, 0.1) is 0 Å². The lowest BCUT2D eigenvalue weighted by Crippen LogP contribution is -2.26. The largest absolute Gasteiger partial charge is 0.469 e. The number of aryl methyl sites for hydroxylation is 1. The van der Waals surface area contributed by atoms with Crippen LogP contribution in [0.25, 0.3) is 0 Å². The predicted molar refractivity (Wildman–Crippen MR) is 78.5 cm³/mol. The third-order valence-corrected chi connectivity index (χ3v) is 4.15. The normalized spacial score (nSPS) is 13.9.